The van der Waals surface area contributed by atoms with Gasteiger partial charge in [-0.2, -0.15) is 8.42 Å². The third-order valence-electron chi connectivity index (χ3n) is 4.15. The Morgan fingerprint density at radius 2 is 1.76 bits per heavy atom. The van der Waals surface area contributed by atoms with E-state index in [2.05, 4.69) is 0 Å². The molecule has 0 radical (unpaired) electrons. The third kappa shape index (κ3) is 4.20. The van der Waals surface area contributed by atoms with E-state index in [9.17, 15) is 8.42 Å². The van der Waals surface area contributed by atoms with Gasteiger partial charge in [-0.05, 0) is 0 Å². The maximum absolute atomic E-state index is 11.6. The second-order valence-electron chi connectivity index (χ2n) is 5.92. The summed E-state index contributed by atoms with van der Waals surface area (Å²) in [4.78, 5) is 0. The van der Waals surface area contributed by atoms with Crippen LogP contribution in [0.5, 0.6) is 0 Å². The van der Waals surface area contributed by atoms with Gasteiger partial charge in [0.2, 0.25) is 0 Å². The van der Waals surface area contributed by atoms with Crippen molar-refractivity contribution in [2.45, 2.75) is 37.0 Å². The van der Waals surface area contributed by atoms with Gasteiger partial charge in [-0.15, -0.1) is 0 Å². The summed E-state index contributed by atoms with van der Waals surface area (Å²) in [6.07, 6.45) is -3.26. The third-order valence-corrected chi connectivity index (χ3v) is 4.72. The van der Waals surface area contributed by atoms with Crippen LogP contribution in [0.15, 0.2) is 30.3 Å². The average Bonchev–Trinajstić information content (AvgIpc) is 2.60. The number of ether oxygens (including phenoxy) is 5. The first kappa shape index (κ1) is 18.7. The van der Waals surface area contributed by atoms with Gasteiger partial charge in [0, 0.05) is 19.8 Å². The lowest BCUT2D eigenvalue weighted by atomic mass is 9.97. The average molecular weight is 374 g/mol. The smallest absolute Gasteiger partial charge is 0.264 e. The Balaban J connectivity index is 1.83. The van der Waals surface area contributed by atoms with Crippen molar-refractivity contribution in [1.82, 2.24) is 0 Å². The Hall–Kier alpha value is -1.07. The van der Waals surface area contributed by atoms with Crippen molar-refractivity contribution in [1.29, 1.82) is 0 Å². The minimum absolute atomic E-state index is 0.259. The molecule has 8 nitrogen and oxygen atoms in total. The lowest BCUT2D eigenvalue weighted by Gasteiger charge is -2.47. The van der Waals surface area contributed by atoms with E-state index in [1.807, 2.05) is 30.3 Å². The van der Waals surface area contributed by atoms with Gasteiger partial charge in [-0.3, -0.25) is 4.18 Å². The van der Waals surface area contributed by atoms with Crippen LogP contribution in [0.25, 0.3) is 0 Å². The van der Waals surface area contributed by atoms with Crippen LogP contribution < -0.4 is 0 Å². The molecule has 0 spiro atoms. The molecule has 6 atom stereocenters. The molecule has 9 heteroatoms. The van der Waals surface area contributed by atoms with Crippen LogP contribution in [0.3, 0.4) is 0 Å². The summed E-state index contributed by atoms with van der Waals surface area (Å²) in [5.74, 6) is 0. The Bertz CT molecular complexity index is 664. The van der Waals surface area contributed by atoms with Gasteiger partial charge in [0.25, 0.3) is 10.1 Å². The van der Waals surface area contributed by atoms with Crippen molar-refractivity contribution < 1.29 is 36.3 Å². The van der Waals surface area contributed by atoms with Crippen molar-refractivity contribution >= 4 is 10.1 Å². The van der Waals surface area contributed by atoms with E-state index in [1.165, 1.54) is 14.2 Å². The largest absolute Gasteiger partial charge is 0.376 e. The van der Waals surface area contributed by atoms with Crippen LogP contribution in [0.2, 0.25) is 0 Å². The van der Waals surface area contributed by atoms with Gasteiger partial charge in [0.15, 0.2) is 18.7 Å². The molecule has 0 aromatic heterocycles. The summed E-state index contributed by atoms with van der Waals surface area (Å²) < 4.78 is 56.7. The molecule has 0 saturated carbocycles. The molecule has 2 fully saturated rings. The fourth-order valence-corrected chi connectivity index (χ4v) is 3.69. The molecular weight excluding hydrogens is 352 g/mol. The molecule has 1 aromatic rings. The highest BCUT2D eigenvalue weighted by Gasteiger charge is 2.52. The van der Waals surface area contributed by atoms with E-state index in [0.29, 0.717) is 0 Å². The van der Waals surface area contributed by atoms with Crippen LogP contribution in [-0.4, -0.2) is 66.2 Å². The molecular formula is C16H22O8S. The van der Waals surface area contributed by atoms with E-state index >= 15 is 0 Å². The highest BCUT2D eigenvalue weighted by atomic mass is 32.2. The summed E-state index contributed by atoms with van der Waals surface area (Å²) >= 11 is 0. The number of rotatable bonds is 5. The lowest BCUT2D eigenvalue weighted by molar-refractivity contribution is -0.357. The van der Waals surface area contributed by atoms with Crippen molar-refractivity contribution in [3.05, 3.63) is 35.9 Å². The topological polar surface area (TPSA) is 89.5 Å². The first-order valence-electron chi connectivity index (χ1n) is 7.84. The zero-order valence-corrected chi connectivity index (χ0v) is 15.0. The van der Waals surface area contributed by atoms with E-state index in [-0.39, 0.29) is 6.61 Å². The molecule has 0 aliphatic carbocycles. The van der Waals surface area contributed by atoms with E-state index in [0.717, 1.165) is 11.8 Å². The molecule has 0 N–H and O–H groups in total. The molecule has 2 saturated heterocycles. The van der Waals surface area contributed by atoms with Gasteiger partial charge in [-0.25, -0.2) is 0 Å². The predicted molar refractivity (Wildman–Crippen MR) is 86.2 cm³/mol. The summed E-state index contributed by atoms with van der Waals surface area (Å²) in [6.45, 7) is 0.259. The number of hydrogen-bond acceptors (Lipinski definition) is 8. The SMILES string of the molecule is CO[C@H]1O[C@H]2CO[C@H](c3ccccc3)O[C@H]2[C@@H](OC)[C@H]1OS(C)(=O)=O. The predicted octanol–water partition coefficient (Wildman–Crippen LogP) is 0.832. The highest BCUT2D eigenvalue weighted by molar-refractivity contribution is 7.86. The van der Waals surface area contributed by atoms with Crippen LogP contribution in [0.1, 0.15) is 11.9 Å². The molecule has 2 aliphatic rings. The Labute approximate surface area is 147 Å². The first-order chi connectivity index (χ1) is 11.9. The van der Waals surface area contributed by atoms with Crippen molar-refractivity contribution in [3.8, 4) is 0 Å². The second-order valence-corrected chi connectivity index (χ2v) is 7.52. The molecule has 0 amide bonds. The summed E-state index contributed by atoms with van der Waals surface area (Å²) in [5.41, 5.74) is 0.852. The normalized spacial score (nSPS) is 36.0. The fourth-order valence-electron chi connectivity index (χ4n) is 3.09. The zero-order valence-electron chi connectivity index (χ0n) is 14.2. The molecule has 1 aromatic carbocycles. The minimum atomic E-state index is -3.74. The van der Waals surface area contributed by atoms with Crippen LogP contribution in [0.4, 0.5) is 0 Å². The van der Waals surface area contributed by atoms with Gasteiger partial charge in [-0.1, -0.05) is 30.3 Å². The van der Waals surface area contributed by atoms with Gasteiger partial charge >= 0.3 is 0 Å². The Morgan fingerprint density at radius 3 is 2.36 bits per heavy atom. The molecule has 2 heterocycles. The summed E-state index contributed by atoms with van der Waals surface area (Å²) in [5, 5.41) is 0. The summed E-state index contributed by atoms with van der Waals surface area (Å²) in [6, 6.07) is 9.44. The highest BCUT2D eigenvalue weighted by Crippen LogP contribution is 2.36. The summed E-state index contributed by atoms with van der Waals surface area (Å²) in [7, 11) is -0.863. The fraction of sp³-hybridized carbons (Fsp3) is 0.625. The number of hydrogen-bond donors (Lipinski definition) is 0. The number of benzene rings is 1. The van der Waals surface area contributed by atoms with Crippen molar-refractivity contribution in [2.24, 2.45) is 0 Å². The molecule has 0 unspecified atom stereocenters. The quantitative estimate of drug-likeness (QED) is 0.700. The van der Waals surface area contributed by atoms with Gasteiger partial charge in [0.1, 0.15) is 18.3 Å². The van der Waals surface area contributed by atoms with E-state index in [1.54, 1.807) is 0 Å². The van der Waals surface area contributed by atoms with Crippen LogP contribution in [-0.2, 0) is 38.0 Å². The molecule has 2 aliphatic heterocycles. The van der Waals surface area contributed by atoms with E-state index < -0.39 is 47.1 Å². The van der Waals surface area contributed by atoms with E-state index in [4.69, 9.17) is 27.9 Å². The van der Waals surface area contributed by atoms with Crippen molar-refractivity contribution in [3.63, 3.8) is 0 Å². The maximum atomic E-state index is 11.6. The second kappa shape index (κ2) is 7.67. The number of methoxy groups -OCH3 is 2. The molecule has 3 rings (SSSR count). The number of fused-ring (bicyclic) bond motifs is 1. The Morgan fingerprint density at radius 1 is 1.04 bits per heavy atom. The molecule has 0 bridgehead atoms. The standard InChI is InChI=1S/C16H22O8S/c1-19-13-12-11(22-16(20-2)14(13)24-25(3,17)18)9-21-15(23-12)10-7-5-4-6-8-10/h4-8,11-16H,9H2,1-3H3/t11-,12+,13+,14+,15-,16-/m0/s1. The van der Waals surface area contributed by atoms with Crippen molar-refractivity contribution in [2.75, 3.05) is 27.1 Å². The van der Waals surface area contributed by atoms with Crippen LogP contribution >= 0.6 is 0 Å². The lowest BCUT2D eigenvalue weighted by Crippen LogP contribution is -2.63. The monoisotopic (exact) mass is 374 g/mol. The zero-order chi connectivity index (χ0) is 18.0. The Kier molecular flexibility index (Phi) is 5.74. The van der Waals surface area contributed by atoms with Gasteiger partial charge in [0.05, 0.1) is 12.9 Å². The molecule has 140 valence electrons. The van der Waals surface area contributed by atoms with Crippen LogP contribution in [0, 0.1) is 0 Å². The minimum Gasteiger partial charge on any atom is -0.376 e. The van der Waals surface area contributed by atoms with Gasteiger partial charge < -0.3 is 23.7 Å². The first-order valence-corrected chi connectivity index (χ1v) is 9.66. The molecule has 25 heavy (non-hydrogen) atoms. The maximum Gasteiger partial charge on any atom is 0.264 e.